The number of benzene rings is 2. The minimum absolute atomic E-state index is 0.0333. The first-order valence-corrected chi connectivity index (χ1v) is 10.4. The number of ether oxygens (including phenoxy) is 1. The van der Waals surface area contributed by atoms with Gasteiger partial charge < -0.3 is 15.0 Å². The largest absolute Gasteiger partial charge is 0.497 e. The highest BCUT2D eigenvalue weighted by molar-refractivity contribution is 7.10. The molecule has 1 aliphatic heterocycles. The monoisotopic (exact) mass is 392 g/mol. The fraction of sp³-hybridized carbons (Fsp3) is 0.261. The molecule has 0 bridgehead atoms. The van der Waals surface area contributed by atoms with Gasteiger partial charge in [-0.2, -0.15) is 0 Å². The van der Waals surface area contributed by atoms with Crippen LogP contribution in [0.2, 0.25) is 0 Å². The molecule has 1 N–H and O–H groups in total. The van der Waals surface area contributed by atoms with Gasteiger partial charge in [-0.05, 0) is 53.6 Å². The lowest BCUT2D eigenvalue weighted by Gasteiger charge is -2.31. The van der Waals surface area contributed by atoms with E-state index in [9.17, 15) is 4.79 Å². The molecule has 4 rings (SSSR count). The normalized spacial score (nSPS) is 14.2. The number of anilines is 1. The molecule has 1 amide bonds. The number of hydrogen-bond acceptors (Lipinski definition) is 4. The minimum atomic E-state index is -0.117. The zero-order chi connectivity index (χ0) is 19.3. The van der Waals surface area contributed by atoms with Crippen LogP contribution in [0.1, 0.15) is 28.5 Å². The van der Waals surface area contributed by atoms with E-state index in [4.69, 9.17) is 4.74 Å². The summed E-state index contributed by atoms with van der Waals surface area (Å²) in [5, 5.41) is 5.29. The molecule has 0 aliphatic carbocycles. The first kappa shape index (κ1) is 18.6. The van der Waals surface area contributed by atoms with Crippen molar-refractivity contribution in [2.75, 3.05) is 25.1 Å². The number of nitrogens with one attached hydrogen (secondary N) is 1. The maximum atomic E-state index is 13.0. The van der Waals surface area contributed by atoms with Gasteiger partial charge in [0.1, 0.15) is 5.75 Å². The van der Waals surface area contributed by atoms with Gasteiger partial charge in [0.25, 0.3) is 0 Å². The van der Waals surface area contributed by atoms with Gasteiger partial charge in [0, 0.05) is 17.1 Å². The van der Waals surface area contributed by atoms with E-state index >= 15 is 0 Å². The van der Waals surface area contributed by atoms with Gasteiger partial charge in [-0.15, -0.1) is 11.3 Å². The van der Waals surface area contributed by atoms with E-state index in [0.717, 1.165) is 41.3 Å². The van der Waals surface area contributed by atoms with Gasteiger partial charge in [0.05, 0.1) is 19.7 Å². The van der Waals surface area contributed by atoms with E-state index in [1.165, 1.54) is 5.56 Å². The fourth-order valence-electron chi connectivity index (χ4n) is 3.74. The molecule has 1 aliphatic rings. The molecular formula is C23H24N2O2S. The molecule has 144 valence electrons. The molecule has 0 saturated carbocycles. The SMILES string of the molecule is COc1ccc2c(c1)CCCN2CC(=O)NC(c1ccccc1)c1cccs1. The molecule has 28 heavy (non-hydrogen) atoms. The third kappa shape index (κ3) is 4.04. The standard InChI is InChI=1S/C23H24N2O2S/c1-27-19-11-12-20-18(15-19)9-5-13-25(20)16-22(26)24-23(21-10-6-14-28-21)17-7-3-2-4-8-17/h2-4,6-8,10-12,14-15,23H,5,9,13,16H2,1H3,(H,24,26). The van der Waals surface area contributed by atoms with E-state index in [0.29, 0.717) is 6.54 Å². The molecule has 2 heterocycles. The van der Waals surface area contributed by atoms with Gasteiger partial charge in [-0.3, -0.25) is 4.79 Å². The molecular weight excluding hydrogens is 368 g/mol. The van der Waals surface area contributed by atoms with Crippen molar-refractivity contribution >= 4 is 22.9 Å². The highest BCUT2D eigenvalue weighted by atomic mass is 32.1. The molecule has 2 aromatic carbocycles. The van der Waals surface area contributed by atoms with Crippen LogP contribution < -0.4 is 15.0 Å². The molecule has 0 saturated heterocycles. The van der Waals surface area contributed by atoms with Gasteiger partial charge in [0.15, 0.2) is 0 Å². The molecule has 1 atom stereocenters. The quantitative estimate of drug-likeness (QED) is 0.675. The second-order valence-corrected chi connectivity index (χ2v) is 7.93. The Hall–Kier alpha value is -2.79. The number of methoxy groups -OCH3 is 1. The van der Waals surface area contributed by atoms with Gasteiger partial charge in [-0.25, -0.2) is 0 Å². The Morgan fingerprint density at radius 2 is 2.04 bits per heavy atom. The zero-order valence-corrected chi connectivity index (χ0v) is 16.7. The third-order valence-corrected chi connectivity index (χ3v) is 6.04. The van der Waals surface area contributed by atoms with Crippen LogP contribution in [0.5, 0.6) is 5.75 Å². The number of nitrogens with zero attached hydrogens (tertiary/aromatic N) is 1. The van der Waals surface area contributed by atoms with Crippen molar-refractivity contribution in [1.82, 2.24) is 5.32 Å². The smallest absolute Gasteiger partial charge is 0.240 e. The summed E-state index contributed by atoms with van der Waals surface area (Å²) in [4.78, 5) is 16.3. The van der Waals surface area contributed by atoms with Crippen LogP contribution in [-0.2, 0) is 11.2 Å². The van der Waals surface area contributed by atoms with Crippen LogP contribution in [0.4, 0.5) is 5.69 Å². The van der Waals surface area contributed by atoms with E-state index in [-0.39, 0.29) is 11.9 Å². The Balaban J connectivity index is 1.51. The van der Waals surface area contributed by atoms with Crippen molar-refractivity contribution in [3.8, 4) is 5.75 Å². The van der Waals surface area contributed by atoms with Gasteiger partial charge >= 0.3 is 0 Å². The highest BCUT2D eigenvalue weighted by Gasteiger charge is 2.22. The summed E-state index contributed by atoms with van der Waals surface area (Å²) in [7, 11) is 1.68. The number of amides is 1. The zero-order valence-electron chi connectivity index (χ0n) is 15.9. The van der Waals surface area contributed by atoms with Crippen molar-refractivity contribution in [1.29, 1.82) is 0 Å². The molecule has 3 aromatic rings. The van der Waals surface area contributed by atoms with Crippen LogP contribution in [-0.4, -0.2) is 26.1 Å². The Morgan fingerprint density at radius 1 is 1.18 bits per heavy atom. The lowest BCUT2D eigenvalue weighted by atomic mass is 10.0. The average molecular weight is 393 g/mol. The number of carbonyl (C=O) groups excluding carboxylic acids is 1. The molecule has 4 nitrogen and oxygen atoms in total. The molecule has 0 radical (unpaired) electrons. The van der Waals surface area contributed by atoms with E-state index in [1.54, 1.807) is 18.4 Å². The van der Waals surface area contributed by atoms with E-state index in [2.05, 4.69) is 40.5 Å². The summed E-state index contributed by atoms with van der Waals surface area (Å²) in [5.41, 5.74) is 3.48. The maximum absolute atomic E-state index is 13.0. The predicted octanol–water partition coefficient (Wildman–Crippen LogP) is 4.42. The first-order valence-electron chi connectivity index (χ1n) is 9.54. The van der Waals surface area contributed by atoms with Crippen molar-refractivity contribution in [3.05, 3.63) is 82.0 Å². The maximum Gasteiger partial charge on any atom is 0.240 e. The van der Waals surface area contributed by atoms with Crippen LogP contribution >= 0.6 is 11.3 Å². The third-order valence-electron chi connectivity index (χ3n) is 5.10. The van der Waals surface area contributed by atoms with Crippen LogP contribution in [0, 0.1) is 0 Å². The van der Waals surface area contributed by atoms with Crippen LogP contribution in [0.3, 0.4) is 0 Å². The Kier molecular flexibility index (Phi) is 5.63. The Labute approximate surface area is 169 Å². The summed E-state index contributed by atoms with van der Waals surface area (Å²) in [6.45, 7) is 1.25. The number of fused-ring (bicyclic) bond motifs is 1. The summed E-state index contributed by atoms with van der Waals surface area (Å²) < 4.78 is 5.34. The van der Waals surface area contributed by atoms with Crippen molar-refractivity contribution in [2.45, 2.75) is 18.9 Å². The summed E-state index contributed by atoms with van der Waals surface area (Å²) in [6.07, 6.45) is 2.06. The average Bonchev–Trinajstić information content (AvgIpc) is 3.27. The molecule has 5 heteroatoms. The van der Waals surface area contributed by atoms with Crippen LogP contribution in [0.15, 0.2) is 66.0 Å². The van der Waals surface area contributed by atoms with E-state index < -0.39 is 0 Å². The lowest BCUT2D eigenvalue weighted by molar-refractivity contribution is -0.120. The number of thiophene rings is 1. The second-order valence-electron chi connectivity index (χ2n) is 6.95. The summed E-state index contributed by atoms with van der Waals surface area (Å²) >= 11 is 1.66. The lowest BCUT2D eigenvalue weighted by Crippen LogP contribution is -2.41. The topological polar surface area (TPSA) is 41.6 Å². The highest BCUT2D eigenvalue weighted by Crippen LogP contribution is 2.31. The number of rotatable bonds is 6. The van der Waals surface area contributed by atoms with Gasteiger partial charge in [0.2, 0.25) is 5.91 Å². The summed E-state index contributed by atoms with van der Waals surface area (Å²) in [6, 6.07) is 20.2. The number of carbonyl (C=O) groups is 1. The van der Waals surface area contributed by atoms with Crippen molar-refractivity contribution in [3.63, 3.8) is 0 Å². The number of aryl methyl sites for hydroxylation is 1. The molecule has 0 spiro atoms. The van der Waals surface area contributed by atoms with Crippen LogP contribution in [0.25, 0.3) is 0 Å². The van der Waals surface area contributed by atoms with Crippen molar-refractivity contribution in [2.24, 2.45) is 0 Å². The fourth-order valence-corrected chi connectivity index (χ4v) is 4.54. The van der Waals surface area contributed by atoms with Crippen molar-refractivity contribution < 1.29 is 9.53 Å². The first-order chi connectivity index (χ1) is 13.7. The molecule has 1 aromatic heterocycles. The predicted molar refractivity (Wildman–Crippen MR) is 114 cm³/mol. The van der Waals surface area contributed by atoms with E-state index in [1.807, 2.05) is 35.7 Å². The second kappa shape index (κ2) is 8.48. The Morgan fingerprint density at radius 3 is 2.79 bits per heavy atom. The molecule has 0 fully saturated rings. The minimum Gasteiger partial charge on any atom is -0.497 e. The van der Waals surface area contributed by atoms with Gasteiger partial charge in [-0.1, -0.05) is 36.4 Å². The molecule has 1 unspecified atom stereocenters. The number of hydrogen-bond donors (Lipinski definition) is 1. The summed E-state index contributed by atoms with van der Waals surface area (Å²) in [5.74, 6) is 0.901. The Bertz CT molecular complexity index is 925.